The van der Waals surface area contributed by atoms with Crippen LogP contribution in [-0.4, -0.2) is 59.7 Å². The third-order valence-corrected chi connectivity index (χ3v) is 6.59. The normalized spacial score (nSPS) is 15.1. The summed E-state index contributed by atoms with van der Waals surface area (Å²) in [6.07, 6.45) is 5.22. The maximum Gasteiger partial charge on any atom is 0.256 e. The lowest BCUT2D eigenvalue weighted by Crippen LogP contribution is -2.40. The minimum atomic E-state index is -3.59. The first kappa shape index (κ1) is 20.2. The topological polar surface area (TPSA) is 106 Å². The summed E-state index contributed by atoms with van der Waals surface area (Å²) in [5.41, 5.74) is 1.34. The van der Waals surface area contributed by atoms with Crippen molar-refractivity contribution in [1.82, 2.24) is 19.1 Å². The first-order valence-corrected chi connectivity index (χ1v) is 10.9. The number of nitrogens with one attached hydrogen (secondary N) is 1. The Hall–Kier alpha value is -3.08. The number of sulfonamides is 1. The van der Waals surface area contributed by atoms with Gasteiger partial charge in [0.15, 0.2) is 5.82 Å². The van der Waals surface area contributed by atoms with Crippen molar-refractivity contribution in [3.8, 4) is 0 Å². The van der Waals surface area contributed by atoms with Gasteiger partial charge in [-0.2, -0.15) is 9.40 Å². The number of carbonyl (C=O) groups excluding carboxylic acids is 1. The van der Waals surface area contributed by atoms with Gasteiger partial charge in [-0.3, -0.25) is 14.5 Å². The van der Waals surface area contributed by atoms with E-state index in [2.05, 4.69) is 15.4 Å². The molecule has 1 aliphatic heterocycles. The van der Waals surface area contributed by atoms with Crippen molar-refractivity contribution in [2.45, 2.75) is 11.4 Å². The third kappa shape index (κ3) is 4.56. The SMILES string of the molecule is O=C(Nc1ccn(Cc2cccnc2)n1)c1ccc(S(=O)(=O)N2CCOCC2)cc1. The van der Waals surface area contributed by atoms with E-state index in [4.69, 9.17) is 4.74 Å². The summed E-state index contributed by atoms with van der Waals surface area (Å²) in [4.78, 5) is 16.7. The van der Waals surface area contributed by atoms with E-state index in [0.29, 0.717) is 44.2 Å². The number of hydrogen-bond donors (Lipinski definition) is 1. The van der Waals surface area contributed by atoms with Crippen LogP contribution in [0.5, 0.6) is 0 Å². The Labute approximate surface area is 174 Å². The van der Waals surface area contributed by atoms with Gasteiger partial charge in [-0.25, -0.2) is 8.42 Å². The van der Waals surface area contributed by atoms with Gasteiger partial charge in [0.05, 0.1) is 24.7 Å². The summed E-state index contributed by atoms with van der Waals surface area (Å²) in [5.74, 6) is 0.0471. The molecule has 0 spiro atoms. The molecule has 0 radical (unpaired) electrons. The standard InChI is InChI=1S/C20H21N5O4S/c26-20(22-19-7-9-24(23-19)15-16-2-1-8-21-14-16)17-3-5-18(6-4-17)30(27,28)25-10-12-29-13-11-25/h1-9,14H,10-13,15H2,(H,22,23,26). The van der Waals surface area contributed by atoms with Crippen molar-refractivity contribution in [3.05, 3.63) is 72.2 Å². The molecule has 1 aromatic carbocycles. The monoisotopic (exact) mass is 427 g/mol. The molecule has 0 saturated carbocycles. The van der Waals surface area contributed by atoms with Gasteiger partial charge in [0.1, 0.15) is 0 Å². The first-order valence-electron chi connectivity index (χ1n) is 9.44. The molecule has 0 unspecified atom stereocenters. The van der Waals surface area contributed by atoms with Crippen LogP contribution in [0.1, 0.15) is 15.9 Å². The molecule has 1 aliphatic rings. The van der Waals surface area contributed by atoms with Crippen molar-refractivity contribution in [1.29, 1.82) is 0 Å². The fourth-order valence-electron chi connectivity index (χ4n) is 3.10. The Balaban J connectivity index is 1.40. The van der Waals surface area contributed by atoms with E-state index in [-0.39, 0.29) is 10.8 Å². The fraction of sp³-hybridized carbons (Fsp3) is 0.250. The van der Waals surface area contributed by atoms with Crippen LogP contribution >= 0.6 is 0 Å². The average molecular weight is 427 g/mol. The number of morpholine rings is 1. The predicted molar refractivity (Wildman–Crippen MR) is 110 cm³/mol. The average Bonchev–Trinajstić information content (AvgIpc) is 3.21. The number of pyridine rings is 1. The Morgan fingerprint density at radius 2 is 1.87 bits per heavy atom. The molecule has 3 heterocycles. The summed E-state index contributed by atoms with van der Waals surface area (Å²) >= 11 is 0. The maximum atomic E-state index is 12.7. The van der Waals surface area contributed by atoms with Gasteiger partial charge in [0.25, 0.3) is 5.91 Å². The van der Waals surface area contributed by atoms with Crippen LogP contribution in [0.15, 0.2) is 66.0 Å². The number of ether oxygens (including phenoxy) is 1. The van der Waals surface area contributed by atoms with E-state index >= 15 is 0 Å². The summed E-state index contributed by atoms with van der Waals surface area (Å²) in [6, 6.07) is 11.4. The zero-order chi connectivity index (χ0) is 21.0. The quantitative estimate of drug-likeness (QED) is 0.640. The second kappa shape index (κ2) is 8.74. The molecule has 1 saturated heterocycles. The van der Waals surface area contributed by atoms with Gasteiger partial charge in [-0.15, -0.1) is 0 Å². The Kier molecular flexibility index (Phi) is 5.88. The summed E-state index contributed by atoms with van der Waals surface area (Å²) in [6.45, 7) is 1.96. The highest BCUT2D eigenvalue weighted by Gasteiger charge is 2.26. The van der Waals surface area contributed by atoms with Crippen molar-refractivity contribution in [2.75, 3.05) is 31.6 Å². The molecule has 1 amide bonds. The minimum Gasteiger partial charge on any atom is -0.379 e. The zero-order valence-electron chi connectivity index (χ0n) is 16.1. The first-order chi connectivity index (χ1) is 14.5. The smallest absolute Gasteiger partial charge is 0.256 e. The van der Waals surface area contributed by atoms with Crippen molar-refractivity contribution in [2.24, 2.45) is 0 Å². The number of benzene rings is 1. The second-order valence-corrected chi connectivity index (χ2v) is 8.69. The molecule has 0 bridgehead atoms. The number of aromatic nitrogens is 3. The molecule has 2 aromatic heterocycles. The summed E-state index contributed by atoms with van der Waals surface area (Å²) in [7, 11) is -3.59. The Morgan fingerprint density at radius 3 is 2.57 bits per heavy atom. The van der Waals surface area contributed by atoms with Gasteiger partial charge < -0.3 is 10.1 Å². The number of hydrogen-bond acceptors (Lipinski definition) is 6. The second-order valence-electron chi connectivity index (χ2n) is 6.75. The molecule has 3 aromatic rings. The Morgan fingerprint density at radius 1 is 1.10 bits per heavy atom. The van der Waals surface area contributed by atoms with Crippen LogP contribution in [0.4, 0.5) is 5.82 Å². The van der Waals surface area contributed by atoms with Gasteiger partial charge in [0, 0.05) is 43.3 Å². The van der Waals surface area contributed by atoms with E-state index in [1.54, 1.807) is 29.3 Å². The van der Waals surface area contributed by atoms with E-state index < -0.39 is 10.0 Å². The number of carbonyl (C=O) groups is 1. The van der Waals surface area contributed by atoms with Crippen LogP contribution in [0.2, 0.25) is 0 Å². The van der Waals surface area contributed by atoms with Crippen LogP contribution in [0.25, 0.3) is 0 Å². The predicted octanol–water partition coefficient (Wildman–Crippen LogP) is 1.60. The van der Waals surface area contributed by atoms with Crippen LogP contribution in [0.3, 0.4) is 0 Å². The molecule has 1 fully saturated rings. The lowest BCUT2D eigenvalue weighted by atomic mass is 10.2. The fourth-order valence-corrected chi connectivity index (χ4v) is 4.51. The number of rotatable bonds is 6. The number of nitrogens with zero attached hydrogens (tertiary/aromatic N) is 4. The molecular weight excluding hydrogens is 406 g/mol. The lowest BCUT2D eigenvalue weighted by Gasteiger charge is -2.26. The van der Waals surface area contributed by atoms with E-state index in [1.807, 2.05) is 12.1 Å². The third-order valence-electron chi connectivity index (χ3n) is 4.67. The van der Waals surface area contributed by atoms with Crippen LogP contribution in [-0.2, 0) is 21.3 Å². The van der Waals surface area contributed by atoms with Crippen molar-refractivity contribution >= 4 is 21.7 Å². The zero-order valence-corrected chi connectivity index (χ0v) is 17.0. The van der Waals surface area contributed by atoms with E-state index in [9.17, 15) is 13.2 Å². The maximum absolute atomic E-state index is 12.7. The molecule has 0 aliphatic carbocycles. The molecule has 10 heteroatoms. The largest absolute Gasteiger partial charge is 0.379 e. The molecule has 1 N–H and O–H groups in total. The molecule has 156 valence electrons. The summed E-state index contributed by atoms with van der Waals surface area (Å²) < 4.78 is 33.6. The molecular formula is C20H21N5O4S. The van der Waals surface area contributed by atoms with Gasteiger partial charge in [-0.05, 0) is 35.9 Å². The lowest BCUT2D eigenvalue weighted by molar-refractivity contribution is 0.0730. The number of amides is 1. The van der Waals surface area contributed by atoms with Crippen molar-refractivity contribution in [3.63, 3.8) is 0 Å². The van der Waals surface area contributed by atoms with Gasteiger partial charge >= 0.3 is 0 Å². The number of anilines is 1. The minimum absolute atomic E-state index is 0.154. The van der Waals surface area contributed by atoms with E-state index in [0.717, 1.165) is 5.56 Å². The molecule has 0 atom stereocenters. The molecule has 30 heavy (non-hydrogen) atoms. The van der Waals surface area contributed by atoms with Crippen LogP contribution < -0.4 is 5.32 Å². The van der Waals surface area contributed by atoms with Crippen molar-refractivity contribution < 1.29 is 17.9 Å². The van der Waals surface area contributed by atoms with Gasteiger partial charge in [0.2, 0.25) is 10.0 Å². The molecule has 4 rings (SSSR count). The molecule has 9 nitrogen and oxygen atoms in total. The highest BCUT2D eigenvalue weighted by Crippen LogP contribution is 2.18. The Bertz CT molecular complexity index is 1110. The van der Waals surface area contributed by atoms with Gasteiger partial charge in [-0.1, -0.05) is 6.07 Å². The summed E-state index contributed by atoms with van der Waals surface area (Å²) in [5, 5.41) is 7.05. The van der Waals surface area contributed by atoms with E-state index in [1.165, 1.54) is 28.6 Å². The highest BCUT2D eigenvalue weighted by atomic mass is 32.2. The highest BCUT2D eigenvalue weighted by molar-refractivity contribution is 7.89. The van der Waals surface area contributed by atoms with Crippen LogP contribution in [0, 0.1) is 0 Å².